The van der Waals surface area contributed by atoms with Gasteiger partial charge >= 0.3 is 5.97 Å². The molecule has 0 atom stereocenters. The monoisotopic (exact) mass is 584 g/mol. The number of carbonyl (C=O) groups is 2. The summed E-state index contributed by atoms with van der Waals surface area (Å²) in [5.41, 5.74) is 5.16. The van der Waals surface area contributed by atoms with Crippen LogP contribution in [0.4, 0.5) is 5.69 Å². The van der Waals surface area contributed by atoms with Crippen LogP contribution in [0.25, 0.3) is 6.08 Å². The maximum Gasteiger partial charge on any atom is 0.335 e. The Bertz CT molecular complexity index is 1330. The molecule has 0 aliphatic carbocycles. The predicted molar refractivity (Wildman–Crippen MR) is 144 cm³/mol. The lowest BCUT2D eigenvalue weighted by molar-refractivity contribution is -0.115. The molecule has 1 aliphatic rings. The summed E-state index contributed by atoms with van der Waals surface area (Å²) in [6.07, 6.45) is 1.83. The van der Waals surface area contributed by atoms with Crippen LogP contribution in [0, 0.1) is 17.4 Å². The molecule has 0 unspecified atom stereocenters. The Kier molecular flexibility index (Phi) is 7.38. The van der Waals surface area contributed by atoms with Gasteiger partial charge in [0.2, 0.25) is 0 Å². The fourth-order valence-corrected chi connectivity index (χ4v) is 4.71. The SMILES string of the molecule is Cc1ccc(N=C2NC(=O)/C(=C/c3ccc(OCc4ccc(C(=O)O)cc4)c(I)c3)S2)cc1C. The van der Waals surface area contributed by atoms with Crippen molar-refractivity contribution in [1.82, 2.24) is 5.32 Å². The molecule has 172 valence electrons. The third-order valence-corrected chi connectivity index (χ3v) is 6.97. The Morgan fingerprint density at radius 3 is 2.53 bits per heavy atom. The Hall–Kier alpha value is -3.11. The predicted octanol–water partition coefficient (Wildman–Crippen LogP) is 6.08. The Morgan fingerprint density at radius 2 is 1.85 bits per heavy atom. The average molecular weight is 584 g/mol. The normalized spacial score (nSPS) is 15.6. The Labute approximate surface area is 215 Å². The zero-order chi connectivity index (χ0) is 24.2. The van der Waals surface area contributed by atoms with Gasteiger partial charge in [-0.15, -0.1) is 0 Å². The standard InChI is InChI=1S/C26H21IN2O4S/c1-15-3-9-20(11-16(15)2)28-26-29-24(30)23(34-26)13-18-6-10-22(21(27)12-18)33-14-17-4-7-19(8-5-17)25(31)32/h3-13H,14H2,1-2H3,(H,31,32)(H,28,29,30)/b23-13-. The van der Waals surface area contributed by atoms with Crippen LogP contribution in [0.5, 0.6) is 5.75 Å². The first-order valence-corrected chi connectivity index (χ1v) is 12.3. The largest absolute Gasteiger partial charge is 0.488 e. The van der Waals surface area contributed by atoms with Crippen LogP contribution >= 0.6 is 34.4 Å². The van der Waals surface area contributed by atoms with Gasteiger partial charge in [0.25, 0.3) is 5.91 Å². The number of amidine groups is 1. The number of carbonyl (C=O) groups excluding carboxylic acids is 1. The number of ether oxygens (including phenoxy) is 1. The summed E-state index contributed by atoms with van der Waals surface area (Å²) in [5.74, 6) is -0.414. The van der Waals surface area contributed by atoms with Gasteiger partial charge in [-0.2, -0.15) is 0 Å². The van der Waals surface area contributed by atoms with Gasteiger partial charge in [0.05, 0.1) is 19.7 Å². The van der Waals surface area contributed by atoms with Crippen LogP contribution in [0.3, 0.4) is 0 Å². The number of carboxylic acids is 1. The number of nitrogens with zero attached hydrogens (tertiary/aromatic N) is 1. The van der Waals surface area contributed by atoms with Crippen molar-refractivity contribution in [3.63, 3.8) is 0 Å². The number of halogens is 1. The lowest BCUT2D eigenvalue weighted by Crippen LogP contribution is -2.19. The second-order valence-corrected chi connectivity index (χ2v) is 9.92. The molecule has 0 aromatic heterocycles. The van der Waals surface area contributed by atoms with Crippen LogP contribution in [0.2, 0.25) is 0 Å². The summed E-state index contributed by atoms with van der Waals surface area (Å²) >= 11 is 3.51. The first-order valence-electron chi connectivity index (χ1n) is 10.4. The molecule has 1 aliphatic heterocycles. The molecular weight excluding hydrogens is 563 g/mol. The Morgan fingerprint density at radius 1 is 1.09 bits per heavy atom. The lowest BCUT2D eigenvalue weighted by Gasteiger charge is -2.09. The van der Waals surface area contributed by atoms with E-state index in [1.54, 1.807) is 24.3 Å². The summed E-state index contributed by atoms with van der Waals surface area (Å²) in [6.45, 7) is 4.41. The fourth-order valence-electron chi connectivity index (χ4n) is 3.17. The number of aromatic carboxylic acids is 1. The quantitative estimate of drug-likeness (QED) is 0.271. The van der Waals surface area contributed by atoms with E-state index < -0.39 is 5.97 Å². The second-order valence-electron chi connectivity index (χ2n) is 7.73. The number of amides is 1. The molecule has 1 amide bonds. The minimum absolute atomic E-state index is 0.173. The van der Waals surface area contributed by atoms with Crippen LogP contribution in [0.15, 0.2) is 70.6 Å². The molecule has 2 N–H and O–H groups in total. The zero-order valence-electron chi connectivity index (χ0n) is 18.5. The maximum atomic E-state index is 12.4. The van der Waals surface area contributed by atoms with Crippen molar-refractivity contribution in [2.75, 3.05) is 0 Å². The molecule has 1 saturated heterocycles. The van der Waals surface area contributed by atoms with Gasteiger partial charge in [-0.25, -0.2) is 9.79 Å². The number of aryl methyl sites for hydroxylation is 2. The van der Waals surface area contributed by atoms with Crippen molar-refractivity contribution in [3.05, 3.63) is 97.0 Å². The maximum absolute atomic E-state index is 12.4. The number of nitrogens with one attached hydrogen (secondary N) is 1. The van der Waals surface area contributed by atoms with E-state index in [4.69, 9.17) is 9.84 Å². The zero-order valence-corrected chi connectivity index (χ0v) is 21.4. The van der Waals surface area contributed by atoms with E-state index in [0.29, 0.717) is 22.4 Å². The number of hydrogen-bond donors (Lipinski definition) is 2. The molecule has 0 bridgehead atoms. The first kappa shape index (κ1) is 24.0. The molecular formula is C26H21IN2O4S. The molecule has 0 radical (unpaired) electrons. The van der Waals surface area contributed by atoms with Gasteiger partial charge in [-0.05, 0) is 113 Å². The van der Waals surface area contributed by atoms with Gasteiger partial charge in [0, 0.05) is 0 Å². The third-order valence-electron chi connectivity index (χ3n) is 5.22. The highest BCUT2D eigenvalue weighted by atomic mass is 127. The Balaban J connectivity index is 1.43. The molecule has 4 rings (SSSR count). The first-order chi connectivity index (χ1) is 16.3. The molecule has 1 heterocycles. The van der Waals surface area contributed by atoms with Crippen LogP contribution < -0.4 is 10.1 Å². The smallest absolute Gasteiger partial charge is 0.335 e. The third kappa shape index (κ3) is 5.87. The van der Waals surface area contributed by atoms with Crippen LogP contribution in [-0.2, 0) is 11.4 Å². The van der Waals surface area contributed by atoms with E-state index in [1.807, 2.05) is 49.4 Å². The molecule has 3 aromatic rings. The van der Waals surface area contributed by atoms with Crippen molar-refractivity contribution < 1.29 is 19.4 Å². The van der Waals surface area contributed by atoms with Crippen LogP contribution in [0.1, 0.15) is 32.6 Å². The van der Waals surface area contributed by atoms with Crippen molar-refractivity contribution in [2.45, 2.75) is 20.5 Å². The summed E-state index contributed by atoms with van der Waals surface area (Å²) < 4.78 is 6.80. The number of aliphatic imine (C=N–C) groups is 1. The molecule has 6 nitrogen and oxygen atoms in total. The van der Waals surface area contributed by atoms with Gasteiger partial charge in [-0.1, -0.05) is 24.3 Å². The summed E-state index contributed by atoms with van der Waals surface area (Å²) in [7, 11) is 0. The molecule has 1 fully saturated rings. The minimum atomic E-state index is -0.954. The van der Waals surface area contributed by atoms with Gasteiger partial charge in [0.15, 0.2) is 5.17 Å². The second kappa shape index (κ2) is 10.4. The number of rotatable bonds is 6. The number of benzene rings is 3. The van der Waals surface area contributed by atoms with Crippen molar-refractivity contribution in [2.24, 2.45) is 4.99 Å². The van der Waals surface area contributed by atoms with E-state index in [0.717, 1.165) is 25.9 Å². The highest BCUT2D eigenvalue weighted by Gasteiger charge is 2.24. The van der Waals surface area contributed by atoms with E-state index >= 15 is 0 Å². The molecule has 0 spiro atoms. The summed E-state index contributed by atoms with van der Waals surface area (Å²) in [5, 5.41) is 12.4. The molecule has 8 heteroatoms. The van der Waals surface area contributed by atoms with Gasteiger partial charge in [-0.3, -0.25) is 4.79 Å². The fraction of sp³-hybridized carbons (Fsp3) is 0.115. The number of hydrogen-bond acceptors (Lipinski definition) is 5. The van der Waals surface area contributed by atoms with E-state index in [-0.39, 0.29) is 11.5 Å². The highest BCUT2D eigenvalue weighted by Crippen LogP contribution is 2.30. The van der Waals surface area contributed by atoms with E-state index in [1.165, 1.54) is 17.3 Å². The molecule has 34 heavy (non-hydrogen) atoms. The highest BCUT2D eigenvalue weighted by molar-refractivity contribution is 14.1. The average Bonchev–Trinajstić information content (AvgIpc) is 3.14. The van der Waals surface area contributed by atoms with Gasteiger partial charge < -0.3 is 15.2 Å². The van der Waals surface area contributed by atoms with Crippen molar-refractivity contribution in [3.8, 4) is 5.75 Å². The van der Waals surface area contributed by atoms with Crippen molar-refractivity contribution in [1.29, 1.82) is 0 Å². The summed E-state index contributed by atoms with van der Waals surface area (Å²) in [6, 6.07) is 18.2. The van der Waals surface area contributed by atoms with E-state index in [2.05, 4.69) is 39.8 Å². The number of thioether (sulfide) groups is 1. The molecule has 0 saturated carbocycles. The van der Waals surface area contributed by atoms with Gasteiger partial charge in [0.1, 0.15) is 12.4 Å². The van der Waals surface area contributed by atoms with Crippen molar-refractivity contribution >= 4 is 63.2 Å². The van der Waals surface area contributed by atoms with Crippen LogP contribution in [-0.4, -0.2) is 22.2 Å². The molecule has 3 aromatic carbocycles. The topological polar surface area (TPSA) is 88.0 Å². The van der Waals surface area contributed by atoms with E-state index in [9.17, 15) is 9.59 Å². The number of carboxylic acid groups (broad SMARTS) is 1. The summed E-state index contributed by atoms with van der Waals surface area (Å²) in [4.78, 5) is 28.5. The lowest BCUT2D eigenvalue weighted by atomic mass is 10.1. The minimum Gasteiger partial charge on any atom is -0.488 e.